The molecule has 94 heavy (non-hydrogen) atoms. The quantitative estimate of drug-likeness (QED) is 0.0222. The molecule has 0 aromatic rings. The Labute approximate surface area is 575 Å². The van der Waals surface area contributed by atoms with Gasteiger partial charge in [-0.2, -0.15) is 0 Å². The number of carbonyl (C=O) groups excluding carboxylic acids is 4. The van der Waals surface area contributed by atoms with Crippen LogP contribution in [0.4, 0.5) is 0 Å². The fraction of sp³-hybridized carbons (Fsp3) is 0.947. The lowest BCUT2D eigenvalue weighted by Crippen LogP contribution is -2.30. The normalized spacial score (nSPS) is 14.4. The van der Waals surface area contributed by atoms with Gasteiger partial charge in [0, 0.05) is 25.7 Å². The molecule has 0 spiro atoms. The second-order valence-electron chi connectivity index (χ2n) is 28.7. The Hall–Kier alpha value is -1.94. The molecule has 3 N–H and O–H groups in total. The van der Waals surface area contributed by atoms with E-state index in [0.29, 0.717) is 25.7 Å². The smallest absolute Gasteiger partial charge is 0.462 e. The van der Waals surface area contributed by atoms with E-state index in [1.807, 2.05) is 0 Å². The number of phosphoric ester groups is 2. The van der Waals surface area contributed by atoms with Gasteiger partial charge in [0.2, 0.25) is 0 Å². The molecule has 0 saturated heterocycles. The molecule has 0 aliphatic carbocycles. The summed E-state index contributed by atoms with van der Waals surface area (Å²) in [6.07, 6.45) is 48.5. The minimum atomic E-state index is -4.96. The predicted molar refractivity (Wildman–Crippen MR) is 381 cm³/mol. The first-order chi connectivity index (χ1) is 45.1. The zero-order valence-corrected chi connectivity index (χ0v) is 63.4. The van der Waals surface area contributed by atoms with Crippen LogP contribution in [0.2, 0.25) is 0 Å². The number of rotatable bonds is 72. The Morgan fingerprint density at radius 2 is 0.511 bits per heavy atom. The molecule has 0 aliphatic rings. The second kappa shape index (κ2) is 64.4. The number of phosphoric acid groups is 2. The summed E-state index contributed by atoms with van der Waals surface area (Å²) in [5, 5.41) is 10.6. The summed E-state index contributed by atoms with van der Waals surface area (Å²) in [5.41, 5.74) is 0. The van der Waals surface area contributed by atoms with Crippen molar-refractivity contribution >= 4 is 39.5 Å². The molecule has 0 aromatic heterocycles. The maximum absolute atomic E-state index is 13.1. The fourth-order valence-corrected chi connectivity index (χ4v) is 12.9. The third-order valence-corrected chi connectivity index (χ3v) is 19.6. The van der Waals surface area contributed by atoms with Gasteiger partial charge >= 0.3 is 39.5 Å². The highest BCUT2D eigenvalue weighted by molar-refractivity contribution is 7.47. The van der Waals surface area contributed by atoms with E-state index < -0.39 is 97.5 Å². The molecular weight excluding hydrogens is 1230 g/mol. The van der Waals surface area contributed by atoms with Gasteiger partial charge in [0.25, 0.3) is 0 Å². The maximum Gasteiger partial charge on any atom is 0.472 e. The van der Waals surface area contributed by atoms with Crippen molar-refractivity contribution in [3.05, 3.63) is 0 Å². The first-order valence-electron chi connectivity index (χ1n) is 38.7. The van der Waals surface area contributed by atoms with Gasteiger partial charge in [-0.25, -0.2) is 9.13 Å². The average Bonchev–Trinajstić information content (AvgIpc) is 3.62. The lowest BCUT2D eigenvalue weighted by molar-refractivity contribution is -0.161. The molecule has 0 bridgehead atoms. The van der Waals surface area contributed by atoms with Crippen molar-refractivity contribution in [1.82, 2.24) is 0 Å². The van der Waals surface area contributed by atoms with Crippen LogP contribution in [-0.2, 0) is 65.4 Å². The summed E-state index contributed by atoms with van der Waals surface area (Å²) in [7, 11) is -9.91. The number of esters is 4. The highest BCUT2D eigenvalue weighted by Crippen LogP contribution is 2.45. The SMILES string of the molecule is CCC(C)CCCCCCCCCCC(=O)O[C@H](COC(=O)CCCCCCCCCCC(C)C)COP(=O)(O)OCC(O)COP(=O)(O)OC[C@@H](COC(=O)CCCCCCCCCCCCCC(C)C)OC(=O)CCCCCCCCCCCCCCCCC(C)C. The van der Waals surface area contributed by atoms with E-state index in [4.69, 9.17) is 37.0 Å². The minimum absolute atomic E-state index is 0.104. The highest BCUT2D eigenvalue weighted by Gasteiger charge is 2.30. The van der Waals surface area contributed by atoms with Gasteiger partial charge in [0.15, 0.2) is 12.2 Å². The largest absolute Gasteiger partial charge is 0.472 e. The lowest BCUT2D eigenvalue weighted by atomic mass is 9.99. The van der Waals surface area contributed by atoms with Crippen LogP contribution in [0.5, 0.6) is 0 Å². The Morgan fingerprint density at radius 1 is 0.298 bits per heavy atom. The van der Waals surface area contributed by atoms with Crippen LogP contribution in [-0.4, -0.2) is 96.7 Å². The minimum Gasteiger partial charge on any atom is -0.462 e. The molecular formula is C75H146O17P2. The molecule has 0 saturated carbocycles. The zero-order valence-electron chi connectivity index (χ0n) is 61.6. The first kappa shape index (κ1) is 92.1. The molecule has 17 nitrogen and oxygen atoms in total. The molecule has 558 valence electrons. The van der Waals surface area contributed by atoms with Gasteiger partial charge in [-0.05, 0) is 49.4 Å². The third kappa shape index (κ3) is 67.3. The van der Waals surface area contributed by atoms with Gasteiger partial charge in [0.05, 0.1) is 26.4 Å². The van der Waals surface area contributed by atoms with Gasteiger partial charge in [0.1, 0.15) is 19.3 Å². The van der Waals surface area contributed by atoms with E-state index in [-0.39, 0.29) is 25.7 Å². The van der Waals surface area contributed by atoms with Crippen LogP contribution in [0.3, 0.4) is 0 Å². The summed E-state index contributed by atoms with van der Waals surface area (Å²) in [6, 6.07) is 0. The molecule has 0 amide bonds. The number of hydrogen-bond acceptors (Lipinski definition) is 15. The Bertz CT molecular complexity index is 1850. The van der Waals surface area contributed by atoms with Crippen LogP contribution in [0, 0.1) is 23.7 Å². The topological polar surface area (TPSA) is 237 Å². The summed E-state index contributed by atoms with van der Waals surface area (Å²) >= 11 is 0. The van der Waals surface area contributed by atoms with Crippen LogP contribution in [0.1, 0.15) is 376 Å². The molecule has 4 unspecified atom stereocenters. The van der Waals surface area contributed by atoms with E-state index in [9.17, 15) is 43.2 Å². The van der Waals surface area contributed by atoms with Crippen molar-refractivity contribution in [2.24, 2.45) is 23.7 Å². The van der Waals surface area contributed by atoms with E-state index in [1.54, 1.807) is 0 Å². The van der Waals surface area contributed by atoms with Crippen LogP contribution >= 0.6 is 15.6 Å². The molecule has 6 atom stereocenters. The van der Waals surface area contributed by atoms with Gasteiger partial charge in [-0.3, -0.25) is 37.3 Å². The molecule has 0 aliphatic heterocycles. The third-order valence-electron chi connectivity index (χ3n) is 17.7. The number of aliphatic hydroxyl groups excluding tert-OH is 1. The molecule has 0 fully saturated rings. The van der Waals surface area contributed by atoms with Crippen molar-refractivity contribution in [2.45, 2.75) is 395 Å². The van der Waals surface area contributed by atoms with Crippen molar-refractivity contribution in [3.8, 4) is 0 Å². The van der Waals surface area contributed by atoms with E-state index >= 15 is 0 Å². The Balaban J connectivity index is 5.26. The van der Waals surface area contributed by atoms with Crippen molar-refractivity contribution in [2.75, 3.05) is 39.6 Å². The van der Waals surface area contributed by atoms with Gasteiger partial charge in [-0.1, -0.05) is 325 Å². The number of ether oxygens (including phenoxy) is 4. The molecule has 0 rings (SSSR count). The number of unbranched alkanes of at least 4 members (excludes halogenated alkanes) is 37. The maximum atomic E-state index is 13.1. The summed E-state index contributed by atoms with van der Waals surface area (Å²) < 4.78 is 68.5. The van der Waals surface area contributed by atoms with Crippen LogP contribution < -0.4 is 0 Å². The summed E-state index contributed by atoms with van der Waals surface area (Å²) in [6.45, 7) is 14.2. The predicted octanol–water partition coefficient (Wildman–Crippen LogP) is 21.7. The number of carbonyl (C=O) groups is 4. The second-order valence-corrected chi connectivity index (χ2v) is 31.6. The van der Waals surface area contributed by atoms with E-state index in [2.05, 4.69) is 55.4 Å². The molecule has 0 heterocycles. The molecule has 0 aromatic carbocycles. The highest BCUT2D eigenvalue weighted by atomic mass is 31.2. The van der Waals surface area contributed by atoms with E-state index in [1.165, 1.54) is 180 Å². The first-order valence-corrected chi connectivity index (χ1v) is 41.7. The van der Waals surface area contributed by atoms with Crippen LogP contribution in [0.15, 0.2) is 0 Å². The van der Waals surface area contributed by atoms with Crippen molar-refractivity contribution < 1.29 is 80.2 Å². The summed E-state index contributed by atoms with van der Waals surface area (Å²) in [4.78, 5) is 72.8. The fourth-order valence-electron chi connectivity index (χ4n) is 11.3. The van der Waals surface area contributed by atoms with Crippen molar-refractivity contribution in [3.63, 3.8) is 0 Å². The van der Waals surface area contributed by atoms with Gasteiger partial charge in [-0.15, -0.1) is 0 Å². The molecule has 19 heteroatoms. The van der Waals surface area contributed by atoms with Gasteiger partial charge < -0.3 is 33.8 Å². The van der Waals surface area contributed by atoms with E-state index in [0.717, 1.165) is 114 Å². The zero-order chi connectivity index (χ0) is 69.6. The lowest BCUT2D eigenvalue weighted by Gasteiger charge is -2.21. The molecule has 0 radical (unpaired) electrons. The standard InChI is InChI=1S/C75H146O17P2/c1-9-68(8)54-46-38-30-24-26-34-42-50-58-75(80)92-71(62-86-73(78)56-48-40-32-25-23-29-37-45-53-67(6)7)64-90-94(83,84)88-60-69(76)59-87-93(81,82)89-63-70(61-85-72(77)55-47-39-31-21-18-14-16-20-28-36-44-52-66(4)5)91-74(79)57-49-41-33-22-17-13-11-10-12-15-19-27-35-43-51-65(2)3/h65-71,76H,9-64H2,1-8H3,(H,81,82)(H,83,84)/t68?,69?,70-,71-/m1/s1. The monoisotopic (exact) mass is 1380 g/mol. The number of hydrogen-bond donors (Lipinski definition) is 3. The number of aliphatic hydroxyl groups is 1. The Kier molecular flexibility index (Phi) is 63.1. The van der Waals surface area contributed by atoms with Crippen molar-refractivity contribution in [1.29, 1.82) is 0 Å². The Morgan fingerprint density at radius 3 is 0.755 bits per heavy atom. The average molecular weight is 1380 g/mol. The van der Waals surface area contributed by atoms with Crippen LogP contribution in [0.25, 0.3) is 0 Å². The summed E-state index contributed by atoms with van der Waals surface area (Å²) in [5.74, 6) is 0.939.